The van der Waals surface area contributed by atoms with Crippen molar-refractivity contribution in [2.75, 3.05) is 13.6 Å². The summed E-state index contributed by atoms with van der Waals surface area (Å²) in [5.74, 6) is 0.767. The van der Waals surface area contributed by atoms with Crippen LogP contribution in [0.4, 0.5) is 0 Å². The van der Waals surface area contributed by atoms with Gasteiger partial charge < -0.3 is 5.11 Å². The first-order valence-electron chi connectivity index (χ1n) is 6.73. The Morgan fingerprint density at radius 2 is 2.22 bits per heavy atom. The van der Waals surface area contributed by atoms with Crippen LogP contribution < -0.4 is 0 Å². The number of rotatable bonds is 6. The molecule has 0 bridgehead atoms. The van der Waals surface area contributed by atoms with Gasteiger partial charge in [-0.15, -0.1) is 11.3 Å². The number of hydrogen-bond donors (Lipinski definition) is 1. The molecule has 2 rings (SSSR count). The van der Waals surface area contributed by atoms with Crippen molar-refractivity contribution in [1.29, 1.82) is 0 Å². The van der Waals surface area contributed by atoms with E-state index < -0.39 is 0 Å². The molecular formula is C14H22BrNOS. The van der Waals surface area contributed by atoms with Crippen LogP contribution in [0.25, 0.3) is 0 Å². The van der Waals surface area contributed by atoms with Crippen molar-refractivity contribution in [3.05, 3.63) is 20.8 Å². The molecular weight excluding hydrogens is 310 g/mol. The molecule has 18 heavy (non-hydrogen) atoms. The third kappa shape index (κ3) is 4.65. The van der Waals surface area contributed by atoms with Crippen molar-refractivity contribution < 1.29 is 5.11 Å². The lowest BCUT2D eigenvalue weighted by molar-refractivity contribution is 0.0995. The second-order valence-corrected chi connectivity index (χ2v) is 7.79. The van der Waals surface area contributed by atoms with Gasteiger partial charge in [0.25, 0.3) is 0 Å². The number of thiophene rings is 1. The first kappa shape index (κ1) is 14.5. The van der Waals surface area contributed by atoms with Gasteiger partial charge in [-0.2, -0.15) is 0 Å². The lowest BCUT2D eigenvalue weighted by Gasteiger charge is -2.22. The largest absolute Gasteiger partial charge is 0.392 e. The smallest absolute Gasteiger partial charge is 0.0701 e. The molecule has 0 amide bonds. The highest BCUT2D eigenvalue weighted by atomic mass is 79.9. The minimum atomic E-state index is -0.167. The number of aliphatic hydroxyl groups is 1. The average molecular weight is 332 g/mol. The number of likely N-dealkylation sites (N-methyl/N-ethyl adjacent to an activating group) is 1. The van der Waals surface area contributed by atoms with Crippen molar-refractivity contribution in [2.45, 2.75) is 44.8 Å². The fraction of sp³-hybridized carbons (Fsp3) is 0.714. The maximum atomic E-state index is 10.1. The second-order valence-electron chi connectivity index (χ2n) is 5.50. The van der Waals surface area contributed by atoms with Gasteiger partial charge in [-0.05, 0) is 52.3 Å². The molecule has 0 aromatic carbocycles. The van der Waals surface area contributed by atoms with Crippen LogP contribution in [0.1, 0.15) is 37.7 Å². The molecule has 0 spiro atoms. The quantitative estimate of drug-likeness (QED) is 0.854. The van der Waals surface area contributed by atoms with E-state index >= 15 is 0 Å². The Morgan fingerprint density at radius 3 is 2.83 bits per heavy atom. The Hall–Kier alpha value is 0.1000. The fourth-order valence-electron chi connectivity index (χ4n) is 2.87. The van der Waals surface area contributed by atoms with Crippen molar-refractivity contribution in [3.63, 3.8) is 0 Å². The van der Waals surface area contributed by atoms with Gasteiger partial charge in [0.05, 0.1) is 9.89 Å². The molecule has 1 atom stereocenters. The lowest BCUT2D eigenvalue weighted by Crippen LogP contribution is -2.29. The zero-order valence-electron chi connectivity index (χ0n) is 10.9. The number of aliphatic hydroxyl groups excluding tert-OH is 1. The average Bonchev–Trinajstić information content (AvgIpc) is 2.90. The van der Waals surface area contributed by atoms with Crippen LogP contribution in [0.3, 0.4) is 0 Å². The van der Waals surface area contributed by atoms with Gasteiger partial charge in [-0.25, -0.2) is 0 Å². The van der Waals surface area contributed by atoms with Crippen LogP contribution in [0.2, 0.25) is 0 Å². The van der Waals surface area contributed by atoms with Crippen molar-refractivity contribution in [1.82, 2.24) is 4.90 Å². The molecule has 1 aromatic heterocycles. The van der Waals surface area contributed by atoms with E-state index in [1.807, 2.05) is 0 Å². The predicted molar refractivity (Wildman–Crippen MR) is 80.9 cm³/mol. The van der Waals surface area contributed by atoms with Gasteiger partial charge in [0, 0.05) is 13.1 Å². The Labute approximate surface area is 122 Å². The summed E-state index contributed by atoms with van der Waals surface area (Å²) in [6.07, 6.45) is 6.17. The maximum Gasteiger partial charge on any atom is 0.0701 e. The molecule has 1 aromatic rings. The van der Waals surface area contributed by atoms with E-state index in [9.17, 15) is 5.11 Å². The lowest BCUT2D eigenvalue weighted by atomic mass is 10.00. The molecule has 2 nitrogen and oxygen atoms in total. The topological polar surface area (TPSA) is 23.5 Å². The zero-order chi connectivity index (χ0) is 13.0. The van der Waals surface area contributed by atoms with Gasteiger partial charge in [-0.3, -0.25) is 4.90 Å². The van der Waals surface area contributed by atoms with Crippen LogP contribution in [-0.4, -0.2) is 29.7 Å². The standard InChI is InChI=1S/C14H22BrNOS/c1-16(8-12-7-14(15)18-10-12)9-13(17)6-11-4-2-3-5-11/h7,10-11,13,17H,2-6,8-9H2,1H3. The summed E-state index contributed by atoms with van der Waals surface area (Å²) in [7, 11) is 2.09. The summed E-state index contributed by atoms with van der Waals surface area (Å²) >= 11 is 5.20. The third-order valence-electron chi connectivity index (χ3n) is 3.68. The molecule has 0 aliphatic heterocycles. The molecule has 1 aliphatic rings. The molecule has 1 heterocycles. The first-order valence-corrected chi connectivity index (χ1v) is 8.40. The van der Waals surface area contributed by atoms with Gasteiger partial charge in [-0.1, -0.05) is 25.7 Å². The highest BCUT2D eigenvalue weighted by molar-refractivity contribution is 9.11. The highest BCUT2D eigenvalue weighted by Gasteiger charge is 2.19. The molecule has 1 N–H and O–H groups in total. The zero-order valence-corrected chi connectivity index (χ0v) is 13.3. The number of nitrogens with zero attached hydrogens (tertiary/aromatic N) is 1. The van der Waals surface area contributed by atoms with Gasteiger partial charge in [0.2, 0.25) is 0 Å². The minimum Gasteiger partial charge on any atom is -0.392 e. The summed E-state index contributed by atoms with van der Waals surface area (Å²) in [5.41, 5.74) is 1.32. The number of halogens is 1. The van der Waals surface area contributed by atoms with Crippen LogP contribution >= 0.6 is 27.3 Å². The highest BCUT2D eigenvalue weighted by Crippen LogP contribution is 2.28. The normalized spacial score (nSPS) is 18.7. The summed E-state index contributed by atoms with van der Waals surface area (Å²) in [5, 5.41) is 12.3. The molecule has 1 unspecified atom stereocenters. The van der Waals surface area contributed by atoms with Crippen LogP contribution in [0.5, 0.6) is 0 Å². The fourth-order valence-corrected chi connectivity index (χ4v) is 4.07. The van der Waals surface area contributed by atoms with E-state index in [2.05, 4.69) is 39.3 Å². The van der Waals surface area contributed by atoms with Crippen molar-refractivity contribution in [2.24, 2.45) is 5.92 Å². The number of hydrogen-bond acceptors (Lipinski definition) is 3. The van der Waals surface area contributed by atoms with Gasteiger partial charge >= 0.3 is 0 Å². The predicted octanol–water partition coefficient (Wildman–Crippen LogP) is 3.88. The molecule has 4 heteroatoms. The molecule has 1 fully saturated rings. The molecule has 0 radical (unpaired) electrons. The first-order chi connectivity index (χ1) is 8.63. The molecule has 1 aliphatic carbocycles. The Balaban J connectivity index is 1.71. The Kier molecular flexibility index (Phi) is 5.67. The maximum absolute atomic E-state index is 10.1. The van der Waals surface area contributed by atoms with E-state index in [1.165, 1.54) is 35.0 Å². The van der Waals surface area contributed by atoms with Crippen molar-refractivity contribution >= 4 is 27.3 Å². The van der Waals surface area contributed by atoms with Gasteiger partial charge in [0.15, 0.2) is 0 Å². The summed E-state index contributed by atoms with van der Waals surface area (Å²) < 4.78 is 1.18. The third-order valence-corrected chi connectivity index (χ3v) is 5.23. The monoisotopic (exact) mass is 331 g/mol. The van der Waals surface area contributed by atoms with E-state index in [0.29, 0.717) is 0 Å². The Morgan fingerprint density at radius 1 is 1.50 bits per heavy atom. The molecule has 102 valence electrons. The minimum absolute atomic E-state index is 0.167. The molecule has 1 saturated carbocycles. The van der Waals surface area contributed by atoms with Crippen molar-refractivity contribution in [3.8, 4) is 0 Å². The van der Waals surface area contributed by atoms with Gasteiger partial charge in [0.1, 0.15) is 0 Å². The summed E-state index contributed by atoms with van der Waals surface area (Å²) in [6, 6.07) is 2.16. The second kappa shape index (κ2) is 7.04. The SMILES string of the molecule is CN(Cc1csc(Br)c1)CC(O)CC1CCCC1. The summed E-state index contributed by atoms with van der Waals surface area (Å²) in [4.78, 5) is 2.22. The Bertz CT molecular complexity index is 362. The summed E-state index contributed by atoms with van der Waals surface area (Å²) in [6.45, 7) is 1.70. The molecule has 0 saturated heterocycles. The van der Waals surface area contributed by atoms with E-state index in [1.54, 1.807) is 11.3 Å². The van der Waals surface area contributed by atoms with E-state index in [0.717, 1.165) is 25.4 Å². The van der Waals surface area contributed by atoms with E-state index in [4.69, 9.17) is 0 Å². The van der Waals surface area contributed by atoms with E-state index in [-0.39, 0.29) is 6.10 Å². The van der Waals surface area contributed by atoms with Crippen LogP contribution in [-0.2, 0) is 6.54 Å². The van der Waals surface area contributed by atoms with Crippen LogP contribution in [0, 0.1) is 5.92 Å². The van der Waals surface area contributed by atoms with Crippen LogP contribution in [0.15, 0.2) is 15.2 Å².